The largest absolute Gasteiger partial charge is 0.354 e. The second-order valence-electron chi connectivity index (χ2n) is 8.57. The van der Waals surface area contributed by atoms with E-state index in [1.54, 1.807) is 0 Å². The maximum absolute atomic E-state index is 12.8. The highest BCUT2D eigenvalue weighted by atomic mass is 16.2. The van der Waals surface area contributed by atoms with Crippen LogP contribution < -0.4 is 15.1 Å². The maximum atomic E-state index is 12.8. The van der Waals surface area contributed by atoms with E-state index < -0.39 is 0 Å². The molecule has 0 bridgehead atoms. The third-order valence-electron chi connectivity index (χ3n) is 6.38. The van der Waals surface area contributed by atoms with Gasteiger partial charge in [-0.15, -0.1) is 0 Å². The van der Waals surface area contributed by atoms with Crippen LogP contribution >= 0.6 is 0 Å². The molecular weight excluding hydrogens is 390 g/mol. The van der Waals surface area contributed by atoms with Crippen LogP contribution in [-0.4, -0.2) is 85.2 Å². The van der Waals surface area contributed by atoms with E-state index in [0.717, 1.165) is 68.0 Å². The number of urea groups is 1. The molecule has 31 heavy (non-hydrogen) atoms. The minimum Gasteiger partial charge on any atom is -0.354 e. The second kappa shape index (κ2) is 9.09. The summed E-state index contributed by atoms with van der Waals surface area (Å²) < 4.78 is 0. The molecule has 1 N–H and O–H groups in total. The lowest BCUT2D eigenvalue weighted by Crippen LogP contribution is -2.50. The smallest absolute Gasteiger partial charge is 0.321 e. The first-order valence-corrected chi connectivity index (χ1v) is 11.1. The summed E-state index contributed by atoms with van der Waals surface area (Å²) in [6, 6.07) is 8.06. The summed E-state index contributed by atoms with van der Waals surface area (Å²) in [6.07, 6.45) is 0. The predicted molar refractivity (Wildman–Crippen MR) is 125 cm³/mol. The van der Waals surface area contributed by atoms with E-state index in [1.807, 2.05) is 30.9 Å². The van der Waals surface area contributed by atoms with Gasteiger partial charge in [0.15, 0.2) is 0 Å². The zero-order valence-corrected chi connectivity index (χ0v) is 19.1. The minimum atomic E-state index is -0.0367. The number of hydrogen-bond acceptors (Lipinski definition) is 6. The number of likely N-dealkylation sites (N-methyl/N-ethyl adjacent to an activating group) is 1. The van der Waals surface area contributed by atoms with Gasteiger partial charge >= 0.3 is 6.03 Å². The zero-order valence-electron chi connectivity index (χ0n) is 19.1. The number of piperazine rings is 2. The van der Waals surface area contributed by atoms with Crippen LogP contribution in [-0.2, 0) is 0 Å². The Bertz CT molecular complexity index is 932. The van der Waals surface area contributed by atoms with E-state index in [0.29, 0.717) is 13.1 Å². The number of carbonyl (C=O) groups is 1. The fraction of sp³-hybridized carbons (Fsp3) is 0.522. The number of hydrogen-bond donors (Lipinski definition) is 1. The van der Waals surface area contributed by atoms with E-state index in [1.165, 1.54) is 5.56 Å². The molecule has 8 heteroatoms. The molecule has 0 radical (unpaired) electrons. The molecule has 2 fully saturated rings. The Kier molecular flexibility index (Phi) is 6.27. The molecule has 166 valence electrons. The number of anilines is 3. The summed E-state index contributed by atoms with van der Waals surface area (Å²) in [6.45, 7) is 13.0. The third-order valence-corrected chi connectivity index (χ3v) is 6.38. The average Bonchev–Trinajstić information content (AvgIpc) is 2.77. The van der Waals surface area contributed by atoms with Crippen molar-refractivity contribution in [3.8, 4) is 0 Å². The maximum Gasteiger partial charge on any atom is 0.321 e. The van der Waals surface area contributed by atoms with Crippen molar-refractivity contribution in [1.29, 1.82) is 0 Å². The van der Waals surface area contributed by atoms with Crippen LogP contribution in [0.15, 0.2) is 24.3 Å². The van der Waals surface area contributed by atoms with E-state index in [2.05, 4.69) is 56.1 Å². The predicted octanol–water partition coefficient (Wildman–Crippen LogP) is 2.51. The zero-order chi connectivity index (χ0) is 22.0. The Morgan fingerprint density at radius 3 is 2.06 bits per heavy atom. The fourth-order valence-corrected chi connectivity index (χ4v) is 4.12. The molecule has 2 aliphatic rings. The molecule has 1 aromatic heterocycles. The van der Waals surface area contributed by atoms with Gasteiger partial charge in [0.1, 0.15) is 17.5 Å². The molecule has 2 saturated heterocycles. The van der Waals surface area contributed by atoms with Crippen molar-refractivity contribution in [2.45, 2.75) is 20.8 Å². The van der Waals surface area contributed by atoms with E-state index >= 15 is 0 Å². The van der Waals surface area contributed by atoms with Crippen molar-refractivity contribution in [3.63, 3.8) is 0 Å². The first-order valence-electron chi connectivity index (χ1n) is 11.1. The summed E-state index contributed by atoms with van der Waals surface area (Å²) in [5.74, 6) is 2.75. The molecule has 0 atom stereocenters. The molecule has 8 nitrogen and oxygen atoms in total. The highest BCUT2D eigenvalue weighted by Crippen LogP contribution is 2.22. The highest BCUT2D eigenvalue weighted by molar-refractivity contribution is 5.90. The Balaban J connectivity index is 1.38. The van der Waals surface area contributed by atoms with Crippen LogP contribution in [0.3, 0.4) is 0 Å². The molecular formula is C23H33N7O. The fourth-order valence-electron chi connectivity index (χ4n) is 4.12. The number of amides is 2. The van der Waals surface area contributed by atoms with Gasteiger partial charge in [-0.1, -0.05) is 12.1 Å². The summed E-state index contributed by atoms with van der Waals surface area (Å²) in [7, 11) is 2.16. The van der Waals surface area contributed by atoms with Crippen LogP contribution in [0.1, 0.15) is 17.0 Å². The normalized spacial score (nSPS) is 17.7. The molecule has 2 amide bonds. The molecule has 0 aliphatic carbocycles. The van der Waals surface area contributed by atoms with Crippen LogP contribution in [0.5, 0.6) is 0 Å². The molecule has 2 aromatic rings. The number of rotatable bonds is 3. The Morgan fingerprint density at radius 1 is 0.871 bits per heavy atom. The molecule has 1 aromatic carbocycles. The molecule has 2 aliphatic heterocycles. The standard InChI is InChI=1S/C23H33N7O/c1-17-6-5-7-20(18(17)2)26-23(31)30-14-12-29(13-15-30)22-16-21(24-19(3)25-22)28-10-8-27(4)9-11-28/h5-7,16H,8-15H2,1-4H3,(H,26,31). The summed E-state index contributed by atoms with van der Waals surface area (Å²) in [4.78, 5) is 31.0. The average molecular weight is 424 g/mol. The molecule has 0 spiro atoms. The minimum absolute atomic E-state index is 0.0367. The van der Waals surface area contributed by atoms with Crippen LogP contribution in [0.2, 0.25) is 0 Å². The molecule has 0 unspecified atom stereocenters. The van der Waals surface area contributed by atoms with Gasteiger partial charge in [-0.2, -0.15) is 0 Å². The number of aryl methyl sites for hydroxylation is 2. The number of benzene rings is 1. The lowest BCUT2D eigenvalue weighted by molar-refractivity contribution is 0.208. The van der Waals surface area contributed by atoms with Gasteiger partial charge in [0.2, 0.25) is 0 Å². The van der Waals surface area contributed by atoms with Gasteiger partial charge in [-0.25, -0.2) is 14.8 Å². The second-order valence-corrected chi connectivity index (χ2v) is 8.57. The van der Waals surface area contributed by atoms with Gasteiger partial charge in [-0.3, -0.25) is 0 Å². The van der Waals surface area contributed by atoms with Crippen molar-refractivity contribution < 1.29 is 4.79 Å². The molecule has 3 heterocycles. The number of nitrogens with zero attached hydrogens (tertiary/aromatic N) is 6. The lowest BCUT2D eigenvalue weighted by atomic mass is 10.1. The van der Waals surface area contributed by atoms with Crippen molar-refractivity contribution in [2.24, 2.45) is 0 Å². The van der Waals surface area contributed by atoms with Crippen LogP contribution in [0.4, 0.5) is 22.1 Å². The van der Waals surface area contributed by atoms with Crippen LogP contribution in [0, 0.1) is 20.8 Å². The Hall–Kier alpha value is -2.87. The monoisotopic (exact) mass is 423 g/mol. The number of aromatic nitrogens is 2. The topological polar surface area (TPSA) is 67.8 Å². The summed E-state index contributed by atoms with van der Waals surface area (Å²) in [5, 5.41) is 3.07. The molecule has 0 saturated carbocycles. The molecule has 4 rings (SSSR count). The van der Waals surface area contributed by atoms with Crippen molar-refractivity contribution in [3.05, 3.63) is 41.2 Å². The first-order chi connectivity index (χ1) is 14.9. The quantitative estimate of drug-likeness (QED) is 0.818. The Labute approximate surface area is 184 Å². The van der Waals surface area contributed by atoms with E-state index in [-0.39, 0.29) is 6.03 Å². The van der Waals surface area contributed by atoms with Gasteiger partial charge in [0.05, 0.1) is 0 Å². The van der Waals surface area contributed by atoms with Crippen molar-refractivity contribution in [2.75, 3.05) is 74.5 Å². The van der Waals surface area contributed by atoms with Gasteiger partial charge in [0.25, 0.3) is 0 Å². The number of carbonyl (C=O) groups excluding carboxylic acids is 1. The lowest BCUT2D eigenvalue weighted by Gasteiger charge is -2.36. The van der Waals surface area contributed by atoms with Gasteiger partial charge in [0, 0.05) is 64.1 Å². The summed E-state index contributed by atoms with van der Waals surface area (Å²) in [5.41, 5.74) is 3.18. The first kappa shape index (κ1) is 21.4. The highest BCUT2D eigenvalue weighted by Gasteiger charge is 2.24. The van der Waals surface area contributed by atoms with Gasteiger partial charge in [-0.05, 0) is 45.0 Å². The van der Waals surface area contributed by atoms with Crippen molar-refractivity contribution in [1.82, 2.24) is 19.8 Å². The number of nitrogens with one attached hydrogen (secondary N) is 1. The Morgan fingerprint density at radius 2 is 1.45 bits per heavy atom. The van der Waals surface area contributed by atoms with Crippen molar-refractivity contribution >= 4 is 23.4 Å². The van der Waals surface area contributed by atoms with E-state index in [4.69, 9.17) is 0 Å². The van der Waals surface area contributed by atoms with E-state index in [9.17, 15) is 4.79 Å². The van der Waals surface area contributed by atoms with Gasteiger partial charge < -0.3 is 24.9 Å². The third kappa shape index (κ3) is 4.90. The SMILES string of the molecule is Cc1nc(N2CCN(C)CC2)cc(N2CCN(C(=O)Nc3cccc(C)c3C)CC2)n1. The van der Waals surface area contributed by atoms with Crippen LogP contribution in [0.25, 0.3) is 0 Å². The summed E-state index contributed by atoms with van der Waals surface area (Å²) >= 11 is 0.